The Kier molecular flexibility index (Phi) is 4.67. The van der Waals surface area contributed by atoms with Crippen LogP contribution in [-0.2, 0) is 0 Å². The predicted molar refractivity (Wildman–Crippen MR) is 73.3 cm³/mol. The lowest BCUT2D eigenvalue weighted by molar-refractivity contribution is 0.382. The Hall–Kier alpha value is -0.990. The number of hydrogen-bond donors (Lipinski definition) is 1. The van der Waals surface area contributed by atoms with Crippen molar-refractivity contribution in [3.63, 3.8) is 0 Å². The largest absolute Gasteiger partial charge is 0.460 e. The van der Waals surface area contributed by atoms with E-state index < -0.39 is 8.60 Å². The van der Waals surface area contributed by atoms with Crippen LogP contribution in [0.5, 0.6) is 11.5 Å². The van der Waals surface area contributed by atoms with Crippen molar-refractivity contribution in [3.8, 4) is 11.5 Å². The zero-order chi connectivity index (χ0) is 13.0. The molecule has 2 aromatic carbocycles. The molecule has 0 saturated carbocycles. The Morgan fingerprint density at radius 1 is 0.833 bits per heavy atom. The Bertz CT molecular complexity index is 489. The van der Waals surface area contributed by atoms with Crippen LogP contribution in [0, 0.1) is 0 Å². The first-order valence-corrected chi connectivity index (χ1v) is 6.88. The molecular formula is C12H9Cl2O3P. The molecule has 0 bridgehead atoms. The first-order chi connectivity index (χ1) is 8.63. The summed E-state index contributed by atoms with van der Waals surface area (Å²) in [7, 11) is -2.08. The molecule has 3 nitrogen and oxygen atoms in total. The first kappa shape index (κ1) is 13.4. The fourth-order valence-electron chi connectivity index (χ4n) is 1.25. The Morgan fingerprint density at radius 2 is 1.28 bits per heavy atom. The molecule has 0 amide bonds. The molecule has 94 valence electrons. The highest BCUT2D eigenvalue weighted by Crippen LogP contribution is 2.37. The summed E-state index contributed by atoms with van der Waals surface area (Å²) in [5, 5.41) is 1.05. The Balaban J connectivity index is 1.98. The van der Waals surface area contributed by atoms with Gasteiger partial charge in [0.2, 0.25) is 0 Å². The van der Waals surface area contributed by atoms with Gasteiger partial charge in [-0.05, 0) is 36.4 Å². The van der Waals surface area contributed by atoms with Crippen molar-refractivity contribution in [1.82, 2.24) is 0 Å². The van der Waals surface area contributed by atoms with E-state index in [2.05, 4.69) is 0 Å². The molecule has 0 unspecified atom stereocenters. The summed E-state index contributed by atoms with van der Waals surface area (Å²) < 4.78 is 10.4. The second-order valence-electron chi connectivity index (χ2n) is 3.34. The predicted octanol–water partition coefficient (Wildman–Crippen LogP) is 4.67. The Morgan fingerprint density at radius 3 is 1.67 bits per heavy atom. The molecule has 0 heterocycles. The SMILES string of the molecule is OP(Oc1cccc(Cl)c1)Oc1cccc(Cl)c1. The quantitative estimate of drug-likeness (QED) is 0.834. The Labute approximate surface area is 116 Å². The minimum absolute atomic E-state index is 0.443. The van der Waals surface area contributed by atoms with Gasteiger partial charge >= 0.3 is 8.60 Å². The van der Waals surface area contributed by atoms with Gasteiger partial charge in [-0.3, -0.25) is 0 Å². The van der Waals surface area contributed by atoms with Crippen LogP contribution >= 0.6 is 31.8 Å². The zero-order valence-corrected chi connectivity index (χ0v) is 11.5. The second-order valence-corrected chi connectivity index (χ2v) is 5.05. The van der Waals surface area contributed by atoms with E-state index >= 15 is 0 Å². The van der Waals surface area contributed by atoms with Gasteiger partial charge in [0.05, 0.1) is 0 Å². The van der Waals surface area contributed by atoms with Crippen LogP contribution < -0.4 is 9.05 Å². The van der Waals surface area contributed by atoms with Crippen molar-refractivity contribution < 1.29 is 13.9 Å². The molecule has 2 aromatic rings. The summed E-state index contributed by atoms with van der Waals surface area (Å²) in [6.45, 7) is 0. The third-order valence-electron chi connectivity index (χ3n) is 1.96. The highest BCUT2D eigenvalue weighted by atomic mass is 35.5. The van der Waals surface area contributed by atoms with E-state index in [0.717, 1.165) is 0 Å². The molecule has 1 N–H and O–H groups in total. The highest BCUT2D eigenvalue weighted by Gasteiger charge is 2.11. The van der Waals surface area contributed by atoms with E-state index in [1.54, 1.807) is 48.5 Å². The van der Waals surface area contributed by atoms with Crippen molar-refractivity contribution in [2.45, 2.75) is 0 Å². The number of halogens is 2. The van der Waals surface area contributed by atoms with Crippen LogP contribution in [0.2, 0.25) is 10.0 Å². The van der Waals surface area contributed by atoms with Gasteiger partial charge in [0, 0.05) is 10.0 Å². The monoisotopic (exact) mass is 302 g/mol. The van der Waals surface area contributed by atoms with Crippen LogP contribution in [0.4, 0.5) is 0 Å². The minimum atomic E-state index is -2.08. The summed E-state index contributed by atoms with van der Waals surface area (Å²) in [5.74, 6) is 0.885. The maximum Gasteiger partial charge on any atom is 0.460 e. The molecule has 18 heavy (non-hydrogen) atoms. The normalized spacial score (nSPS) is 10.4. The highest BCUT2D eigenvalue weighted by molar-refractivity contribution is 7.41. The van der Waals surface area contributed by atoms with Crippen LogP contribution in [0.1, 0.15) is 0 Å². The van der Waals surface area contributed by atoms with E-state index in [1.807, 2.05) is 0 Å². The van der Waals surface area contributed by atoms with Crippen LogP contribution in [0.15, 0.2) is 48.5 Å². The van der Waals surface area contributed by atoms with Gasteiger partial charge in [-0.25, -0.2) is 0 Å². The molecule has 6 heteroatoms. The molecule has 0 aromatic heterocycles. The molecule has 2 rings (SSSR count). The number of benzene rings is 2. The fraction of sp³-hybridized carbons (Fsp3) is 0. The average Bonchev–Trinajstić information content (AvgIpc) is 2.28. The molecule has 0 saturated heterocycles. The minimum Gasteiger partial charge on any atom is -0.418 e. The summed E-state index contributed by atoms with van der Waals surface area (Å²) in [5.41, 5.74) is 0. The van der Waals surface area contributed by atoms with E-state index in [1.165, 1.54) is 0 Å². The van der Waals surface area contributed by atoms with E-state index in [0.29, 0.717) is 21.5 Å². The average molecular weight is 303 g/mol. The maximum atomic E-state index is 9.67. The first-order valence-electron chi connectivity index (χ1n) is 4.99. The van der Waals surface area contributed by atoms with E-state index in [9.17, 15) is 4.89 Å². The lowest BCUT2D eigenvalue weighted by Crippen LogP contribution is -1.94. The van der Waals surface area contributed by atoms with Crippen molar-refractivity contribution in [1.29, 1.82) is 0 Å². The summed E-state index contributed by atoms with van der Waals surface area (Å²) in [6.07, 6.45) is 0. The molecule has 0 aliphatic carbocycles. The van der Waals surface area contributed by atoms with Crippen molar-refractivity contribution in [2.75, 3.05) is 0 Å². The molecular weight excluding hydrogens is 294 g/mol. The number of hydrogen-bond acceptors (Lipinski definition) is 3. The molecule has 0 spiro atoms. The van der Waals surface area contributed by atoms with Crippen LogP contribution in [0.3, 0.4) is 0 Å². The topological polar surface area (TPSA) is 38.7 Å². The van der Waals surface area contributed by atoms with Gasteiger partial charge in [-0.2, -0.15) is 0 Å². The van der Waals surface area contributed by atoms with Gasteiger partial charge in [0.25, 0.3) is 0 Å². The van der Waals surface area contributed by atoms with E-state index in [-0.39, 0.29) is 0 Å². The third kappa shape index (κ3) is 4.04. The molecule has 0 radical (unpaired) electrons. The standard InChI is InChI=1S/C12H9Cl2O3P/c13-9-3-1-5-11(7-9)16-18(15)17-12-6-2-4-10(14)8-12/h1-8,15H. The van der Waals surface area contributed by atoms with Gasteiger partial charge in [-0.15, -0.1) is 0 Å². The molecule has 0 aliphatic rings. The third-order valence-corrected chi connectivity index (χ3v) is 3.16. The fourth-order valence-corrected chi connectivity index (χ4v) is 2.23. The second kappa shape index (κ2) is 6.26. The van der Waals surface area contributed by atoms with E-state index in [4.69, 9.17) is 32.2 Å². The molecule has 0 aliphatic heterocycles. The van der Waals surface area contributed by atoms with Gasteiger partial charge in [0.1, 0.15) is 11.5 Å². The smallest absolute Gasteiger partial charge is 0.418 e. The van der Waals surface area contributed by atoms with Crippen LogP contribution in [0.25, 0.3) is 0 Å². The van der Waals surface area contributed by atoms with Crippen molar-refractivity contribution in [3.05, 3.63) is 58.6 Å². The lowest BCUT2D eigenvalue weighted by Gasteiger charge is -2.12. The van der Waals surface area contributed by atoms with Crippen molar-refractivity contribution >= 4 is 31.8 Å². The zero-order valence-electron chi connectivity index (χ0n) is 9.09. The summed E-state index contributed by atoms with van der Waals surface area (Å²) >= 11 is 11.6. The van der Waals surface area contributed by atoms with Crippen LogP contribution in [-0.4, -0.2) is 4.89 Å². The summed E-state index contributed by atoms with van der Waals surface area (Å²) in [4.78, 5) is 9.67. The molecule has 0 fully saturated rings. The van der Waals surface area contributed by atoms with Crippen molar-refractivity contribution in [2.24, 2.45) is 0 Å². The van der Waals surface area contributed by atoms with Gasteiger partial charge in [-0.1, -0.05) is 35.3 Å². The summed E-state index contributed by atoms with van der Waals surface area (Å²) in [6, 6.07) is 13.4. The molecule has 0 atom stereocenters. The lowest BCUT2D eigenvalue weighted by atomic mass is 10.3. The van der Waals surface area contributed by atoms with Gasteiger partial charge < -0.3 is 13.9 Å². The number of rotatable bonds is 4. The van der Waals surface area contributed by atoms with Gasteiger partial charge in [0.15, 0.2) is 0 Å². The maximum absolute atomic E-state index is 9.67.